The Morgan fingerprint density at radius 3 is 2.47 bits per heavy atom. The van der Waals surface area contributed by atoms with E-state index >= 15 is 0 Å². The Kier molecular flexibility index (Phi) is 5.69. The summed E-state index contributed by atoms with van der Waals surface area (Å²) in [6.07, 6.45) is 0.928. The lowest BCUT2D eigenvalue weighted by molar-refractivity contribution is -0.120. The van der Waals surface area contributed by atoms with Crippen LogP contribution in [0.2, 0.25) is 0 Å². The lowest BCUT2D eigenvalue weighted by atomic mass is 9.97. The number of hydrogen-bond donors (Lipinski definition) is 1. The molecule has 2 aromatic carbocycles. The topological polar surface area (TPSA) is 97.4 Å². The van der Waals surface area contributed by atoms with Crippen molar-refractivity contribution in [2.75, 3.05) is 18.4 Å². The van der Waals surface area contributed by atoms with Gasteiger partial charge in [-0.2, -0.15) is 4.31 Å². The Hall–Kier alpha value is -3.17. The van der Waals surface area contributed by atoms with Crippen molar-refractivity contribution in [3.8, 4) is 0 Å². The molecule has 1 aliphatic rings. The molecule has 1 amide bonds. The van der Waals surface area contributed by atoms with Gasteiger partial charge in [-0.25, -0.2) is 8.42 Å². The Morgan fingerprint density at radius 2 is 1.79 bits per heavy atom. The summed E-state index contributed by atoms with van der Waals surface area (Å²) in [7, 11) is -3.69. The molecular formula is C25H28N4O4S. The minimum absolute atomic E-state index is 0.0760. The number of nitrogens with one attached hydrogen (secondary N) is 1. The summed E-state index contributed by atoms with van der Waals surface area (Å²) < 4.78 is 34.8. The Morgan fingerprint density at radius 1 is 1.09 bits per heavy atom. The molecular weight excluding hydrogens is 452 g/mol. The van der Waals surface area contributed by atoms with Gasteiger partial charge in [-0.3, -0.25) is 4.79 Å². The summed E-state index contributed by atoms with van der Waals surface area (Å²) in [6.45, 7) is 6.78. The molecule has 4 aromatic rings. The van der Waals surface area contributed by atoms with Crippen LogP contribution in [0.5, 0.6) is 0 Å². The van der Waals surface area contributed by atoms with Crippen LogP contribution < -0.4 is 5.32 Å². The second-order valence-electron chi connectivity index (χ2n) is 8.81. The molecule has 0 unspecified atom stereocenters. The van der Waals surface area contributed by atoms with Crippen LogP contribution in [0.15, 0.2) is 51.9 Å². The number of amides is 1. The van der Waals surface area contributed by atoms with Crippen LogP contribution in [0.4, 0.5) is 5.69 Å². The van der Waals surface area contributed by atoms with Crippen LogP contribution in [-0.4, -0.2) is 41.4 Å². The molecule has 0 saturated carbocycles. The number of carbonyl (C=O) groups is 1. The van der Waals surface area contributed by atoms with Crippen molar-refractivity contribution in [1.29, 1.82) is 0 Å². The number of para-hydroxylation sites is 1. The van der Waals surface area contributed by atoms with E-state index in [9.17, 15) is 13.2 Å². The molecule has 0 bridgehead atoms. The van der Waals surface area contributed by atoms with Crippen LogP contribution in [0.1, 0.15) is 31.2 Å². The third-order valence-corrected chi connectivity index (χ3v) is 8.89. The fourth-order valence-corrected chi connectivity index (χ4v) is 6.81. The first-order valence-electron chi connectivity index (χ1n) is 11.6. The minimum atomic E-state index is -3.69. The monoisotopic (exact) mass is 480 g/mol. The summed E-state index contributed by atoms with van der Waals surface area (Å²) in [5.41, 5.74) is 3.43. The summed E-state index contributed by atoms with van der Waals surface area (Å²) in [6, 6.07) is 14.3. The average molecular weight is 481 g/mol. The zero-order chi connectivity index (χ0) is 24.0. The van der Waals surface area contributed by atoms with Crippen molar-refractivity contribution in [3.05, 3.63) is 53.9 Å². The number of piperidine rings is 1. The highest BCUT2D eigenvalue weighted by atomic mass is 32.2. The minimum Gasteiger partial charge on any atom is -0.360 e. The highest BCUT2D eigenvalue weighted by Gasteiger charge is 2.35. The number of hydrogen-bond acceptors (Lipinski definition) is 5. The smallest absolute Gasteiger partial charge is 0.248 e. The van der Waals surface area contributed by atoms with Crippen LogP contribution >= 0.6 is 0 Å². The van der Waals surface area contributed by atoms with Crippen molar-refractivity contribution in [1.82, 2.24) is 14.0 Å². The Labute approximate surface area is 198 Å². The van der Waals surface area contributed by atoms with E-state index in [1.54, 1.807) is 13.8 Å². The molecule has 0 spiro atoms. The van der Waals surface area contributed by atoms with Gasteiger partial charge in [0.25, 0.3) is 0 Å². The molecule has 8 nitrogen and oxygen atoms in total. The van der Waals surface area contributed by atoms with Gasteiger partial charge in [-0.15, -0.1) is 0 Å². The highest BCUT2D eigenvalue weighted by Crippen LogP contribution is 2.32. The average Bonchev–Trinajstić information content (AvgIpc) is 3.35. The first-order valence-corrected chi connectivity index (χ1v) is 13.0. The summed E-state index contributed by atoms with van der Waals surface area (Å²) in [5, 5.41) is 9.09. The van der Waals surface area contributed by atoms with E-state index in [2.05, 4.69) is 34.1 Å². The lowest BCUT2D eigenvalue weighted by Gasteiger charge is -2.30. The number of nitrogens with zero attached hydrogens (tertiary/aromatic N) is 3. The van der Waals surface area contributed by atoms with Gasteiger partial charge in [-0.05, 0) is 57.9 Å². The molecule has 1 N–H and O–H groups in total. The molecule has 9 heteroatoms. The predicted molar refractivity (Wildman–Crippen MR) is 131 cm³/mol. The maximum atomic E-state index is 13.0. The van der Waals surface area contributed by atoms with E-state index in [1.165, 1.54) is 9.82 Å². The zero-order valence-electron chi connectivity index (χ0n) is 19.5. The SMILES string of the molecule is CCn1c2ccccc2c2cc(NC(=O)C3CCN(S(=O)(=O)c4c(C)noc4C)CC3)ccc21. The van der Waals surface area contributed by atoms with E-state index < -0.39 is 10.0 Å². The van der Waals surface area contributed by atoms with Crippen LogP contribution in [0.25, 0.3) is 21.8 Å². The second kappa shape index (κ2) is 8.56. The molecule has 34 heavy (non-hydrogen) atoms. The highest BCUT2D eigenvalue weighted by molar-refractivity contribution is 7.89. The first kappa shape index (κ1) is 22.6. The van der Waals surface area contributed by atoms with Crippen LogP contribution in [-0.2, 0) is 21.4 Å². The number of anilines is 1. The van der Waals surface area contributed by atoms with Gasteiger partial charge in [-0.1, -0.05) is 23.4 Å². The number of aromatic nitrogens is 2. The molecule has 1 aliphatic heterocycles. The van der Waals surface area contributed by atoms with Crippen molar-refractivity contribution in [3.63, 3.8) is 0 Å². The fourth-order valence-electron chi connectivity index (χ4n) is 5.05. The van der Waals surface area contributed by atoms with E-state index in [0.717, 1.165) is 28.5 Å². The van der Waals surface area contributed by atoms with E-state index in [-0.39, 0.29) is 35.6 Å². The first-order chi connectivity index (χ1) is 16.3. The molecule has 2 aromatic heterocycles. The quantitative estimate of drug-likeness (QED) is 0.455. The molecule has 0 radical (unpaired) electrons. The predicted octanol–water partition coefficient (Wildman–Crippen LogP) is 4.46. The normalized spacial score (nSPS) is 15.9. The van der Waals surface area contributed by atoms with Gasteiger partial charge < -0.3 is 14.4 Å². The lowest BCUT2D eigenvalue weighted by Crippen LogP contribution is -2.41. The van der Waals surface area contributed by atoms with Gasteiger partial charge in [0.15, 0.2) is 5.76 Å². The number of fused-ring (bicyclic) bond motifs is 3. The zero-order valence-corrected chi connectivity index (χ0v) is 20.4. The number of sulfonamides is 1. The molecule has 1 saturated heterocycles. The van der Waals surface area contributed by atoms with Crippen molar-refractivity contribution >= 4 is 43.4 Å². The van der Waals surface area contributed by atoms with Gasteiger partial charge in [0, 0.05) is 53.0 Å². The maximum Gasteiger partial charge on any atom is 0.248 e. The van der Waals surface area contributed by atoms with Gasteiger partial charge in [0.05, 0.1) is 0 Å². The molecule has 5 rings (SSSR count). The molecule has 1 fully saturated rings. The fraction of sp³-hybridized carbons (Fsp3) is 0.360. The number of carbonyl (C=O) groups excluding carboxylic acids is 1. The molecule has 0 atom stereocenters. The molecule has 3 heterocycles. The van der Waals surface area contributed by atoms with E-state index in [1.807, 2.05) is 30.3 Å². The summed E-state index contributed by atoms with van der Waals surface area (Å²) in [5.74, 6) is -0.0334. The Balaban J connectivity index is 1.31. The standard InChI is InChI=1S/C25H28N4O4S/c1-4-29-22-8-6-5-7-20(22)21-15-19(9-10-23(21)29)26-25(30)18-11-13-28(14-12-18)34(31,32)24-16(2)27-33-17(24)3/h5-10,15,18H,4,11-14H2,1-3H3,(H,26,30). The Bertz CT molecular complexity index is 1470. The van der Waals surface area contributed by atoms with E-state index in [4.69, 9.17) is 4.52 Å². The summed E-state index contributed by atoms with van der Waals surface area (Å²) in [4.78, 5) is 13.1. The largest absolute Gasteiger partial charge is 0.360 e. The van der Waals surface area contributed by atoms with Crippen LogP contribution in [0, 0.1) is 19.8 Å². The second-order valence-corrected chi connectivity index (χ2v) is 10.7. The maximum absolute atomic E-state index is 13.0. The molecule has 0 aliphatic carbocycles. The van der Waals surface area contributed by atoms with Gasteiger partial charge in [0.1, 0.15) is 10.6 Å². The number of benzene rings is 2. The number of aryl methyl sites for hydroxylation is 3. The third-order valence-electron chi connectivity index (χ3n) is 6.75. The van der Waals surface area contributed by atoms with Crippen LogP contribution in [0.3, 0.4) is 0 Å². The molecule has 178 valence electrons. The van der Waals surface area contributed by atoms with Gasteiger partial charge >= 0.3 is 0 Å². The van der Waals surface area contributed by atoms with Crippen molar-refractivity contribution in [2.24, 2.45) is 5.92 Å². The van der Waals surface area contributed by atoms with Crippen molar-refractivity contribution < 1.29 is 17.7 Å². The third kappa shape index (κ3) is 3.69. The summed E-state index contributed by atoms with van der Waals surface area (Å²) >= 11 is 0. The van der Waals surface area contributed by atoms with Gasteiger partial charge in [0.2, 0.25) is 15.9 Å². The number of rotatable bonds is 5. The van der Waals surface area contributed by atoms with Crippen molar-refractivity contribution in [2.45, 2.75) is 45.1 Å². The van der Waals surface area contributed by atoms with E-state index in [0.29, 0.717) is 18.5 Å².